The molecule has 0 radical (unpaired) electrons. The molecule has 0 bridgehead atoms. The van der Waals surface area contributed by atoms with E-state index in [1.807, 2.05) is 0 Å². The Morgan fingerprint density at radius 3 is 1.78 bits per heavy atom. The minimum atomic E-state index is -0.512. The minimum Gasteiger partial charge on any atom is -0.351 e. The van der Waals surface area contributed by atoms with Crippen LogP contribution in [0.1, 0.15) is 0 Å². The van der Waals surface area contributed by atoms with Crippen molar-refractivity contribution in [2.75, 3.05) is 0 Å². The Balaban J connectivity index is 0.000000138. The lowest BCUT2D eigenvalue weighted by Gasteiger charge is -1.92. The first kappa shape index (κ1) is 11.9. The van der Waals surface area contributed by atoms with Gasteiger partial charge in [-0.15, -0.1) is 0 Å². The first-order chi connectivity index (χ1) is 8.77. The van der Waals surface area contributed by atoms with Crippen LogP contribution in [-0.4, -0.2) is 15.6 Å². The fourth-order valence-corrected chi connectivity index (χ4v) is 1.52. The summed E-state index contributed by atoms with van der Waals surface area (Å²) in [5.41, 5.74) is 4.84. The molecular weight excluding hydrogens is 226 g/mol. The summed E-state index contributed by atoms with van der Waals surface area (Å²) < 4.78 is 1.19. The molecule has 0 saturated carbocycles. The summed E-state index contributed by atoms with van der Waals surface area (Å²) in [5.74, 6) is 0. The van der Waals surface area contributed by atoms with Gasteiger partial charge in [-0.1, -0.05) is 48.5 Å². The summed E-state index contributed by atoms with van der Waals surface area (Å²) in [6.07, 6.45) is 4.33. The summed E-state index contributed by atoms with van der Waals surface area (Å²) in [6, 6.07) is 16.2. The van der Waals surface area contributed by atoms with E-state index in [2.05, 4.69) is 53.5 Å². The van der Waals surface area contributed by atoms with Gasteiger partial charge in [-0.2, -0.15) is 0 Å². The zero-order chi connectivity index (χ0) is 12.8. The lowest BCUT2D eigenvalue weighted by Crippen LogP contribution is -2.17. The number of nitrogens with two attached hydrogens (primary N) is 1. The Labute approximate surface area is 105 Å². The van der Waals surface area contributed by atoms with E-state index in [1.54, 1.807) is 0 Å². The van der Waals surface area contributed by atoms with Crippen LogP contribution < -0.4 is 5.73 Å². The van der Waals surface area contributed by atoms with E-state index in [-0.39, 0.29) is 0 Å². The van der Waals surface area contributed by atoms with Crippen LogP contribution in [0, 0.1) is 0 Å². The molecule has 4 heteroatoms. The zero-order valence-corrected chi connectivity index (χ0v) is 9.73. The first-order valence-electron chi connectivity index (χ1n) is 5.49. The molecule has 0 aliphatic carbocycles. The van der Waals surface area contributed by atoms with Gasteiger partial charge in [0.15, 0.2) is 0 Å². The fraction of sp³-hybridized carbons (Fsp3) is 0. The van der Waals surface area contributed by atoms with Gasteiger partial charge in [-0.3, -0.25) is 4.57 Å². The van der Waals surface area contributed by atoms with Crippen molar-refractivity contribution in [3.05, 3.63) is 67.3 Å². The second-order valence-corrected chi connectivity index (χ2v) is 3.66. The van der Waals surface area contributed by atoms with Gasteiger partial charge in [0.1, 0.15) is 6.33 Å². The van der Waals surface area contributed by atoms with Crippen molar-refractivity contribution in [3.63, 3.8) is 0 Å². The summed E-state index contributed by atoms with van der Waals surface area (Å²) in [4.78, 5) is 13.8. The molecule has 18 heavy (non-hydrogen) atoms. The lowest BCUT2D eigenvalue weighted by atomic mass is 10.1. The van der Waals surface area contributed by atoms with Crippen LogP contribution in [0.15, 0.2) is 67.3 Å². The third kappa shape index (κ3) is 2.95. The predicted molar refractivity (Wildman–Crippen MR) is 71.2 cm³/mol. The molecule has 1 aromatic heterocycles. The second-order valence-electron chi connectivity index (χ2n) is 3.66. The van der Waals surface area contributed by atoms with Crippen molar-refractivity contribution in [2.45, 2.75) is 0 Å². The summed E-state index contributed by atoms with van der Waals surface area (Å²) in [7, 11) is 0. The van der Waals surface area contributed by atoms with Gasteiger partial charge in [-0.05, 0) is 10.8 Å². The fourth-order valence-electron chi connectivity index (χ4n) is 1.52. The average Bonchev–Trinajstić information content (AvgIpc) is 2.94. The van der Waals surface area contributed by atoms with E-state index in [4.69, 9.17) is 5.73 Å². The number of primary amides is 1. The molecule has 0 saturated heterocycles. The zero-order valence-electron chi connectivity index (χ0n) is 9.73. The number of carbonyl (C=O) groups excluding carboxylic acids is 1. The molecule has 90 valence electrons. The van der Waals surface area contributed by atoms with E-state index in [9.17, 15) is 4.79 Å². The van der Waals surface area contributed by atoms with Gasteiger partial charge >= 0.3 is 6.03 Å². The van der Waals surface area contributed by atoms with E-state index >= 15 is 0 Å². The van der Waals surface area contributed by atoms with Gasteiger partial charge in [0.25, 0.3) is 0 Å². The van der Waals surface area contributed by atoms with Crippen molar-refractivity contribution >= 4 is 16.8 Å². The Hall–Kier alpha value is -2.62. The van der Waals surface area contributed by atoms with Crippen LogP contribution in [0.2, 0.25) is 0 Å². The van der Waals surface area contributed by atoms with Crippen LogP contribution in [-0.2, 0) is 0 Å². The van der Waals surface area contributed by atoms with Gasteiger partial charge in [0, 0.05) is 12.4 Å². The van der Waals surface area contributed by atoms with Gasteiger partial charge in [0.05, 0.1) is 0 Å². The third-order valence-electron chi connectivity index (χ3n) is 2.42. The molecular formula is C14H13N3O. The van der Waals surface area contributed by atoms with Gasteiger partial charge < -0.3 is 5.73 Å². The van der Waals surface area contributed by atoms with Crippen LogP contribution in [0.25, 0.3) is 10.8 Å². The lowest BCUT2D eigenvalue weighted by molar-refractivity contribution is 0.250. The number of rotatable bonds is 0. The molecule has 1 amide bonds. The molecule has 3 aromatic rings. The third-order valence-corrected chi connectivity index (χ3v) is 2.42. The van der Waals surface area contributed by atoms with Crippen molar-refractivity contribution in [3.8, 4) is 0 Å². The normalized spacial score (nSPS) is 9.56. The number of amides is 1. The van der Waals surface area contributed by atoms with Crippen molar-refractivity contribution in [1.29, 1.82) is 0 Å². The average molecular weight is 239 g/mol. The largest absolute Gasteiger partial charge is 0.351 e. The second kappa shape index (κ2) is 5.63. The molecule has 4 nitrogen and oxygen atoms in total. The molecule has 1 heterocycles. The van der Waals surface area contributed by atoms with E-state index in [0.29, 0.717) is 0 Å². The Morgan fingerprint density at radius 2 is 1.50 bits per heavy atom. The molecule has 2 aromatic carbocycles. The highest BCUT2D eigenvalue weighted by Gasteiger charge is 1.91. The Kier molecular flexibility index (Phi) is 3.71. The maximum Gasteiger partial charge on any atom is 0.324 e. The highest BCUT2D eigenvalue weighted by atomic mass is 16.2. The number of aromatic nitrogens is 2. The topological polar surface area (TPSA) is 60.9 Å². The SMILES string of the molecule is NC(=O)n1ccnc1.c1ccc2ccccc2c1. The first-order valence-corrected chi connectivity index (χ1v) is 5.49. The smallest absolute Gasteiger partial charge is 0.324 e. The molecule has 0 aliphatic heterocycles. The Morgan fingerprint density at radius 1 is 1.00 bits per heavy atom. The number of benzene rings is 2. The number of hydrogen-bond acceptors (Lipinski definition) is 2. The number of carbonyl (C=O) groups is 1. The molecule has 0 fully saturated rings. The highest BCUT2D eigenvalue weighted by molar-refractivity contribution is 5.82. The van der Waals surface area contributed by atoms with Gasteiger partial charge in [-0.25, -0.2) is 9.78 Å². The standard InChI is InChI=1S/C10H8.C4H5N3O/c1-2-6-10-8-4-3-7-9(10)5-1;5-4(8)7-2-1-6-3-7/h1-8H;1-3H,(H2,5,8). The number of nitrogens with zero attached hydrogens (tertiary/aromatic N) is 2. The van der Waals surface area contributed by atoms with E-state index in [1.165, 1.54) is 34.1 Å². The number of fused-ring (bicyclic) bond motifs is 1. The van der Waals surface area contributed by atoms with Crippen LogP contribution >= 0.6 is 0 Å². The molecule has 0 spiro atoms. The molecule has 3 rings (SSSR count). The van der Waals surface area contributed by atoms with Crippen LogP contribution in [0.4, 0.5) is 4.79 Å². The van der Waals surface area contributed by atoms with Gasteiger partial charge in [0.2, 0.25) is 0 Å². The molecule has 0 aliphatic rings. The van der Waals surface area contributed by atoms with Crippen LogP contribution in [0.5, 0.6) is 0 Å². The number of imidazole rings is 1. The van der Waals surface area contributed by atoms with Crippen molar-refractivity contribution in [1.82, 2.24) is 9.55 Å². The monoisotopic (exact) mass is 239 g/mol. The summed E-state index contributed by atoms with van der Waals surface area (Å²) in [5, 5.41) is 2.62. The minimum absolute atomic E-state index is 0.512. The van der Waals surface area contributed by atoms with Crippen molar-refractivity contribution in [2.24, 2.45) is 5.73 Å². The van der Waals surface area contributed by atoms with Crippen molar-refractivity contribution < 1.29 is 4.79 Å². The molecule has 0 atom stereocenters. The summed E-state index contributed by atoms with van der Waals surface area (Å²) in [6.45, 7) is 0. The quantitative estimate of drug-likeness (QED) is 0.655. The Bertz CT molecular complexity index is 567. The van der Waals surface area contributed by atoms with E-state index in [0.717, 1.165) is 0 Å². The maximum atomic E-state index is 10.2. The maximum absolute atomic E-state index is 10.2. The highest BCUT2D eigenvalue weighted by Crippen LogP contribution is 2.11. The van der Waals surface area contributed by atoms with Crippen LogP contribution in [0.3, 0.4) is 0 Å². The molecule has 0 unspecified atom stereocenters. The number of hydrogen-bond donors (Lipinski definition) is 1. The molecule has 2 N–H and O–H groups in total. The predicted octanol–water partition coefficient (Wildman–Crippen LogP) is 2.65. The summed E-state index contributed by atoms with van der Waals surface area (Å²) >= 11 is 0. The van der Waals surface area contributed by atoms with E-state index < -0.39 is 6.03 Å².